The molecular weight excluding hydrogens is 291 g/mol. The molecule has 1 amide bonds. The Bertz CT molecular complexity index is 599. The number of amides is 1. The molecule has 3 nitrogen and oxygen atoms in total. The molecule has 0 heterocycles. The van der Waals surface area contributed by atoms with Gasteiger partial charge in [0.1, 0.15) is 5.82 Å². The van der Waals surface area contributed by atoms with Gasteiger partial charge in [-0.05, 0) is 31.3 Å². The summed E-state index contributed by atoms with van der Waals surface area (Å²) in [4.78, 5) is 13.6. The molecule has 1 N–H and O–H groups in total. The smallest absolute Gasteiger partial charge is 0.238 e. The third kappa shape index (κ3) is 4.55. The molecule has 0 saturated heterocycles. The molecule has 2 aromatic carbocycles. The minimum atomic E-state index is -0.363. The van der Waals surface area contributed by atoms with Crippen LogP contribution in [0, 0.1) is 5.82 Å². The van der Waals surface area contributed by atoms with E-state index in [-0.39, 0.29) is 24.8 Å². The minimum absolute atomic E-state index is 0.152. The highest BCUT2D eigenvalue weighted by molar-refractivity contribution is 6.31. The van der Waals surface area contributed by atoms with E-state index in [1.54, 1.807) is 24.1 Å². The van der Waals surface area contributed by atoms with Crippen LogP contribution in [0.1, 0.15) is 5.56 Å². The van der Waals surface area contributed by atoms with Gasteiger partial charge in [0.2, 0.25) is 5.91 Å². The van der Waals surface area contributed by atoms with Crippen molar-refractivity contribution in [3.8, 4) is 0 Å². The fourth-order valence-electron chi connectivity index (χ4n) is 1.98. The number of carbonyl (C=O) groups is 1. The third-order valence-electron chi connectivity index (χ3n) is 2.96. The van der Waals surface area contributed by atoms with Crippen LogP contribution in [0.5, 0.6) is 0 Å². The lowest BCUT2D eigenvalue weighted by Gasteiger charge is -2.17. The molecule has 5 heteroatoms. The van der Waals surface area contributed by atoms with Gasteiger partial charge in [-0.25, -0.2) is 4.39 Å². The summed E-state index contributed by atoms with van der Waals surface area (Å²) in [5.74, 6) is -0.519. The van der Waals surface area contributed by atoms with Crippen molar-refractivity contribution < 1.29 is 9.18 Å². The minimum Gasteiger partial charge on any atom is -0.325 e. The van der Waals surface area contributed by atoms with Gasteiger partial charge in [-0.2, -0.15) is 0 Å². The lowest BCUT2D eigenvalue weighted by atomic mass is 10.2. The third-order valence-corrected chi connectivity index (χ3v) is 3.31. The summed E-state index contributed by atoms with van der Waals surface area (Å²) in [6.07, 6.45) is 0. The molecule has 0 aliphatic rings. The van der Waals surface area contributed by atoms with Crippen LogP contribution in [0.15, 0.2) is 48.5 Å². The second-order valence-corrected chi connectivity index (χ2v) is 5.19. The number of anilines is 1. The Hall–Kier alpha value is -1.91. The number of rotatable bonds is 5. The maximum Gasteiger partial charge on any atom is 0.238 e. The fourth-order valence-corrected chi connectivity index (χ4v) is 2.20. The molecule has 0 fully saturated rings. The Morgan fingerprint density at radius 1 is 1.19 bits per heavy atom. The van der Waals surface area contributed by atoms with E-state index < -0.39 is 0 Å². The van der Waals surface area contributed by atoms with E-state index in [9.17, 15) is 9.18 Å². The molecule has 2 rings (SSSR count). The maximum absolute atomic E-state index is 13.7. The molecule has 0 saturated carbocycles. The van der Waals surface area contributed by atoms with Crippen LogP contribution < -0.4 is 5.32 Å². The van der Waals surface area contributed by atoms with Crippen LogP contribution in [0.4, 0.5) is 10.1 Å². The molecular formula is C16H16ClFN2O. The molecule has 0 bridgehead atoms. The van der Waals surface area contributed by atoms with Crippen LogP contribution in [0.2, 0.25) is 5.02 Å². The van der Waals surface area contributed by atoms with E-state index >= 15 is 0 Å². The van der Waals surface area contributed by atoms with Crippen LogP contribution in [0.25, 0.3) is 0 Å². The summed E-state index contributed by atoms with van der Waals surface area (Å²) in [6, 6.07) is 13.7. The van der Waals surface area contributed by atoms with Crippen molar-refractivity contribution >= 4 is 23.2 Å². The molecule has 0 aromatic heterocycles. The molecule has 0 radical (unpaired) electrons. The van der Waals surface area contributed by atoms with Gasteiger partial charge in [0.15, 0.2) is 0 Å². The summed E-state index contributed by atoms with van der Waals surface area (Å²) in [5.41, 5.74) is 1.13. The van der Waals surface area contributed by atoms with Gasteiger partial charge in [-0.1, -0.05) is 35.9 Å². The Kier molecular flexibility index (Phi) is 5.31. The van der Waals surface area contributed by atoms with Gasteiger partial charge < -0.3 is 5.32 Å². The van der Waals surface area contributed by atoms with Crippen LogP contribution in [-0.4, -0.2) is 24.4 Å². The molecule has 0 atom stereocenters. The Balaban J connectivity index is 1.92. The van der Waals surface area contributed by atoms with Gasteiger partial charge in [0.05, 0.1) is 6.54 Å². The number of carbonyl (C=O) groups excluding carboxylic acids is 1. The zero-order chi connectivity index (χ0) is 15.2. The van der Waals surface area contributed by atoms with Gasteiger partial charge in [0.25, 0.3) is 0 Å². The first-order valence-corrected chi connectivity index (χ1v) is 6.90. The van der Waals surface area contributed by atoms with Gasteiger partial charge in [-0.15, -0.1) is 0 Å². The number of nitrogens with zero attached hydrogens (tertiary/aromatic N) is 1. The van der Waals surface area contributed by atoms with Crippen molar-refractivity contribution in [1.82, 2.24) is 4.90 Å². The molecule has 0 spiro atoms. The molecule has 110 valence electrons. The topological polar surface area (TPSA) is 32.3 Å². The first kappa shape index (κ1) is 15.5. The zero-order valence-electron chi connectivity index (χ0n) is 11.6. The molecule has 0 aliphatic carbocycles. The lowest BCUT2D eigenvalue weighted by Crippen LogP contribution is -2.30. The van der Waals surface area contributed by atoms with E-state index in [1.165, 1.54) is 6.07 Å². The lowest BCUT2D eigenvalue weighted by molar-refractivity contribution is -0.117. The number of halogens is 2. The molecule has 21 heavy (non-hydrogen) atoms. The van der Waals surface area contributed by atoms with Crippen molar-refractivity contribution in [2.24, 2.45) is 0 Å². The van der Waals surface area contributed by atoms with Crippen molar-refractivity contribution in [3.05, 3.63) is 64.9 Å². The first-order chi connectivity index (χ1) is 10.1. The second-order valence-electron chi connectivity index (χ2n) is 4.79. The summed E-state index contributed by atoms with van der Waals surface area (Å²) >= 11 is 5.97. The number of benzene rings is 2. The SMILES string of the molecule is CN(CC(=O)Nc1ccccc1)Cc1c(F)cccc1Cl. The van der Waals surface area contributed by atoms with Gasteiger partial charge >= 0.3 is 0 Å². The average molecular weight is 307 g/mol. The Labute approximate surface area is 128 Å². The van der Waals surface area contributed by atoms with Crippen molar-refractivity contribution in [2.75, 3.05) is 18.9 Å². The molecule has 0 unspecified atom stereocenters. The Morgan fingerprint density at radius 3 is 2.57 bits per heavy atom. The first-order valence-electron chi connectivity index (χ1n) is 6.52. The van der Waals surface area contributed by atoms with Crippen molar-refractivity contribution in [3.63, 3.8) is 0 Å². The van der Waals surface area contributed by atoms with Crippen molar-refractivity contribution in [1.29, 1.82) is 0 Å². The largest absolute Gasteiger partial charge is 0.325 e. The van der Waals surface area contributed by atoms with Crippen LogP contribution in [-0.2, 0) is 11.3 Å². The number of nitrogens with one attached hydrogen (secondary N) is 1. The number of para-hydroxylation sites is 1. The zero-order valence-corrected chi connectivity index (χ0v) is 12.4. The number of hydrogen-bond acceptors (Lipinski definition) is 2. The van der Waals surface area contributed by atoms with Gasteiger partial charge in [-0.3, -0.25) is 9.69 Å². The van der Waals surface area contributed by atoms with Crippen molar-refractivity contribution in [2.45, 2.75) is 6.54 Å². The molecule has 2 aromatic rings. The fraction of sp³-hybridized carbons (Fsp3) is 0.188. The van der Waals surface area contributed by atoms with E-state index in [2.05, 4.69) is 5.32 Å². The summed E-state index contributed by atoms with van der Waals surface area (Å²) in [6.45, 7) is 0.424. The van der Waals surface area contributed by atoms with Crippen LogP contribution in [0.3, 0.4) is 0 Å². The predicted molar refractivity (Wildman–Crippen MR) is 82.8 cm³/mol. The average Bonchev–Trinajstić information content (AvgIpc) is 2.44. The van der Waals surface area contributed by atoms with E-state index in [0.29, 0.717) is 10.6 Å². The highest BCUT2D eigenvalue weighted by atomic mass is 35.5. The summed E-state index contributed by atoms with van der Waals surface area (Å²) < 4.78 is 13.7. The summed E-state index contributed by atoms with van der Waals surface area (Å²) in [5, 5.41) is 3.15. The highest BCUT2D eigenvalue weighted by Crippen LogP contribution is 2.20. The standard InChI is InChI=1S/C16H16ClFN2O/c1-20(10-13-14(17)8-5-9-15(13)18)11-16(21)19-12-6-3-2-4-7-12/h2-9H,10-11H2,1H3,(H,19,21). The Morgan fingerprint density at radius 2 is 1.90 bits per heavy atom. The number of hydrogen-bond donors (Lipinski definition) is 1. The predicted octanol–water partition coefficient (Wildman–Crippen LogP) is 3.55. The van der Waals surface area contributed by atoms with Gasteiger partial charge in [0, 0.05) is 22.8 Å². The highest BCUT2D eigenvalue weighted by Gasteiger charge is 2.12. The quantitative estimate of drug-likeness (QED) is 0.916. The van der Waals surface area contributed by atoms with E-state index in [1.807, 2.05) is 30.3 Å². The van der Waals surface area contributed by atoms with Crippen LogP contribution >= 0.6 is 11.6 Å². The monoisotopic (exact) mass is 306 g/mol. The maximum atomic E-state index is 13.7. The second kappa shape index (κ2) is 7.20. The molecule has 0 aliphatic heterocycles. The summed E-state index contributed by atoms with van der Waals surface area (Å²) in [7, 11) is 1.74. The van der Waals surface area contributed by atoms with E-state index in [0.717, 1.165) is 5.69 Å². The van der Waals surface area contributed by atoms with E-state index in [4.69, 9.17) is 11.6 Å². The normalized spacial score (nSPS) is 10.7. The number of likely N-dealkylation sites (N-methyl/N-ethyl adjacent to an activating group) is 1.